The van der Waals surface area contributed by atoms with Crippen LogP contribution in [0.1, 0.15) is 13.0 Å². The molecule has 5 heteroatoms. The van der Waals surface area contributed by atoms with Gasteiger partial charge < -0.3 is 9.94 Å². The second kappa shape index (κ2) is 15.7. The van der Waals surface area contributed by atoms with E-state index in [1.54, 1.807) is 37.6 Å². The minimum Gasteiger partial charge on any atom is -0.618 e. The van der Waals surface area contributed by atoms with Gasteiger partial charge in [0.25, 0.3) is 0 Å². The van der Waals surface area contributed by atoms with Gasteiger partial charge in [-0.1, -0.05) is 80.2 Å². The number of para-hydroxylation sites is 3. The lowest BCUT2D eigenvalue weighted by Gasteiger charge is -2.01. The molecule has 0 aliphatic carbocycles. The van der Waals surface area contributed by atoms with Gasteiger partial charge in [0.05, 0.1) is 12.8 Å². The fourth-order valence-corrected chi connectivity index (χ4v) is 2.39. The fraction of sp³-hybridized carbons (Fsp3) is 0.0741. The van der Waals surface area contributed by atoms with Gasteiger partial charge in [-0.25, -0.2) is 0 Å². The van der Waals surface area contributed by atoms with Crippen molar-refractivity contribution in [2.75, 3.05) is 12.6 Å². The Hall–Kier alpha value is -4.09. The first-order valence-electron chi connectivity index (χ1n) is 9.68. The lowest BCUT2D eigenvalue weighted by molar-refractivity contribution is -0.354. The van der Waals surface area contributed by atoms with E-state index in [4.69, 9.17) is 9.94 Å². The van der Waals surface area contributed by atoms with Gasteiger partial charge in [0.15, 0.2) is 6.21 Å². The summed E-state index contributed by atoms with van der Waals surface area (Å²) in [5.74, 6) is 0.910. The van der Waals surface area contributed by atoms with E-state index >= 15 is 0 Å². The summed E-state index contributed by atoms with van der Waals surface area (Å²) in [6.07, 6.45) is 1.56. The molecule has 0 spiro atoms. The van der Waals surface area contributed by atoms with Gasteiger partial charge in [-0.05, 0) is 36.4 Å². The van der Waals surface area contributed by atoms with Gasteiger partial charge in [0, 0.05) is 17.7 Å². The van der Waals surface area contributed by atoms with Gasteiger partial charge in [0.1, 0.15) is 5.75 Å². The zero-order valence-corrected chi connectivity index (χ0v) is 17.3. The SMILES string of the molecule is C.COc1ccccc1.ONc1ccccc1.[O-]/[N+](=C\c1ccccc1)c1ccccc1. The molecule has 4 aromatic carbocycles. The Balaban J connectivity index is 0.000000257. The third kappa shape index (κ3) is 10.1. The molecule has 0 radical (unpaired) electrons. The Morgan fingerprint density at radius 2 is 1.16 bits per heavy atom. The molecule has 0 amide bonds. The average Bonchev–Trinajstić information content (AvgIpc) is 2.87. The molecule has 0 saturated heterocycles. The highest BCUT2D eigenvalue weighted by molar-refractivity contribution is 5.76. The van der Waals surface area contributed by atoms with E-state index in [1.807, 2.05) is 103 Å². The van der Waals surface area contributed by atoms with Crippen LogP contribution in [0.3, 0.4) is 0 Å². The molecule has 4 aromatic rings. The molecular weight excluding hydrogens is 400 g/mol. The summed E-state index contributed by atoms with van der Waals surface area (Å²) >= 11 is 0. The van der Waals surface area contributed by atoms with Gasteiger partial charge in [-0.3, -0.25) is 10.7 Å². The van der Waals surface area contributed by atoms with Crippen molar-refractivity contribution in [1.82, 2.24) is 0 Å². The van der Waals surface area contributed by atoms with Gasteiger partial charge >= 0.3 is 0 Å². The first-order valence-corrected chi connectivity index (χ1v) is 9.68. The Morgan fingerprint density at radius 1 is 0.719 bits per heavy atom. The van der Waals surface area contributed by atoms with Crippen LogP contribution in [0.5, 0.6) is 5.75 Å². The van der Waals surface area contributed by atoms with Crippen molar-refractivity contribution in [2.24, 2.45) is 0 Å². The van der Waals surface area contributed by atoms with Gasteiger partial charge in [-0.15, -0.1) is 0 Å². The molecule has 2 N–H and O–H groups in total. The van der Waals surface area contributed by atoms with Crippen LogP contribution in [0.25, 0.3) is 0 Å². The highest BCUT2D eigenvalue weighted by Crippen LogP contribution is 2.09. The highest BCUT2D eigenvalue weighted by Gasteiger charge is 1.98. The minimum atomic E-state index is 0. The number of anilines is 1. The zero-order valence-electron chi connectivity index (χ0n) is 17.3. The summed E-state index contributed by atoms with van der Waals surface area (Å²) in [6, 6.07) is 37.5. The Bertz CT molecular complexity index is 954. The Kier molecular flexibility index (Phi) is 12.7. The molecule has 0 aliphatic heterocycles. The second-order valence-corrected chi connectivity index (χ2v) is 6.20. The first-order chi connectivity index (χ1) is 15.2. The third-order valence-electron chi connectivity index (χ3n) is 3.96. The average molecular weight is 431 g/mol. The quantitative estimate of drug-likeness (QED) is 0.162. The predicted molar refractivity (Wildman–Crippen MR) is 133 cm³/mol. The summed E-state index contributed by atoms with van der Waals surface area (Å²) in [5.41, 5.74) is 4.28. The predicted octanol–water partition coefficient (Wildman–Crippen LogP) is 6.77. The summed E-state index contributed by atoms with van der Waals surface area (Å²) in [4.78, 5) is 0. The molecule has 0 unspecified atom stereocenters. The van der Waals surface area contributed by atoms with Crippen LogP contribution in [-0.2, 0) is 0 Å². The van der Waals surface area contributed by atoms with Crippen LogP contribution in [-0.4, -0.2) is 23.3 Å². The fourth-order valence-electron chi connectivity index (χ4n) is 2.39. The second-order valence-electron chi connectivity index (χ2n) is 6.20. The van der Waals surface area contributed by atoms with Crippen LogP contribution in [0.15, 0.2) is 121 Å². The number of hydrogen-bond acceptors (Lipinski definition) is 4. The van der Waals surface area contributed by atoms with Crippen LogP contribution in [0.4, 0.5) is 11.4 Å². The molecule has 166 valence electrons. The van der Waals surface area contributed by atoms with Crippen LogP contribution in [0, 0.1) is 5.21 Å². The number of hydrogen-bond donors (Lipinski definition) is 2. The molecule has 0 fully saturated rings. The molecule has 5 nitrogen and oxygen atoms in total. The van der Waals surface area contributed by atoms with Crippen molar-refractivity contribution in [1.29, 1.82) is 0 Å². The number of methoxy groups -OCH3 is 1. The van der Waals surface area contributed by atoms with Crippen molar-refractivity contribution in [3.63, 3.8) is 0 Å². The normalized spacial score (nSPS) is 9.62. The molecule has 4 rings (SSSR count). The van der Waals surface area contributed by atoms with E-state index in [0.717, 1.165) is 16.1 Å². The standard InChI is InChI=1S/C13H11NO.C7H8O.C6H7NO.CH4/c15-14(13-9-5-2-6-10-13)11-12-7-3-1-4-8-12;1-8-7-5-3-2-4-6-7;8-7-6-4-2-1-3-5-6;/h1-11H;2-6H,1H3;1-5,7-8H;1H4/b14-11-;;;. The van der Waals surface area contributed by atoms with Crippen molar-refractivity contribution in [3.05, 3.63) is 132 Å². The molecule has 0 heterocycles. The molecule has 0 bridgehead atoms. The minimum absolute atomic E-state index is 0. The summed E-state index contributed by atoms with van der Waals surface area (Å²) < 4.78 is 5.78. The van der Waals surface area contributed by atoms with E-state index in [2.05, 4.69) is 0 Å². The molecule has 0 atom stereocenters. The molecule has 0 aliphatic rings. The molecule has 0 saturated carbocycles. The van der Waals surface area contributed by atoms with Gasteiger partial charge in [0.2, 0.25) is 5.69 Å². The summed E-state index contributed by atoms with van der Waals surface area (Å²) in [5, 5.41) is 20.0. The lowest BCUT2D eigenvalue weighted by Crippen LogP contribution is -1.97. The lowest BCUT2D eigenvalue weighted by atomic mass is 10.2. The molecule has 32 heavy (non-hydrogen) atoms. The largest absolute Gasteiger partial charge is 0.618 e. The number of rotatable bonds is 4. The number of benzene rings is 4. The maximum Gasteiger partial charge on any atom is 0.216 e. The number of nitrogens with zero attached hydrogens (tertiary/aromatic N) is 1. The van der Waals surface area contributed by atoms with Crippen molar-refractivity contribution in [2.45, 2.75) is 7.43 Å². The van der Waals surface area contributed by atoms with E-state index < -0.39 is 0 Å². The Morgan fingerprint density at radius 3 is 1.56 bits per heavy atom. The topological polar surface area (TPSA) is 67.6 Å². The maximum atomic E-state index is 11.7. The molecular formula is C27H30N2O3. The first kappa shape index (κ1) is 25.9. The van der Waals surface area contributed by atoms with Crippen molar-refractivity contribution >= 4 is 17.6 Å². The van der Waals surface area contributed by atoms with Crippen molar-refractivity contribution < 1.29 is 14.7 Å². The zero-order chi connectivity index (χ0) is 22.2. The van der Waals surface area contributed by atoms with Crippen LogP contribution in [0.2, 0.25) is 0 Å². The smallest absolute Gasteiger partial charge is 0.216 e. The van der Waals surface area contributed by atoms with Crippen LogP contribution >= 0.6 is 0 Å². The number of ether oxygens (including phenoxy) is 1. The van der Waals surface area contributed by atoms with E-state index in [9.17, 15) is 5.21 Å². The van der Waals surface area contributed by atoms with Crippen LogP contribution < -0.4 is 10.2 Å². The van der Waals surface area contributed by atoms with E-state index in [1.165, 1.54) is 0 Å². The highest BCUT2D eigenvalue weighted by atomic mass is 16.5. The molecule has 0 aromatic heterocycles. The summed E-state index contributed by atoms with van der Waals surface area (Å²) in [7, 11) is 1.66. The summed E-state index contributed by atoms with van der Waals surface area (Å²) in [6.45, 7) is 0. The third-order valence-corrected chi connectivity index (χ3v) is 3.96. The maximum absolute atomic E-state index is 11.7. The van der Waals surface area contributed by atoms with E-state index in [-0.39, 0.29) is 7.43 Å². The van der Waals surface area contributed by atoms with Gasteiger partial charge in [-0.2, -0.15) is 4.74 Å². The van der Waals surface area contributed by atoms with Crippen molar-refractivity contribution in [3.8, 4) is 5.75 Å². The monoisotopic (exact) mass is 430 g/mol. The number of nitrogens with one attached hydrogen (secondary N) is 1. The Labute approximate surface area is 190 Å². The van der Waals surface area contributed by atoms with E-state index in [0.29, 0.717) is 11.4 Å².